The van der Waals surface area contributed by atoms with Gasteiger partial charge in [0.25, 0.3) is 0 Å². The SMILES string of the molecule is Cc1nnc(NC23CC(NC(O)COc4ccc(Cl)c(F)c4)(C2)C3)o1. The number of halogens is 2. The number of hydrogen-bond donors (Lipinski definition) is 3. The van der Waals surface area contributed by atoms with Crippen molar-refractivity contribution in [3.8, 4) is 5.75 Å². The van der Waals surface area contributed by atoms with Crippen LogP contribution in [-0.2, 0) is 0 Å². The van der Waals surface area contributed by atoms with Crippen LogP contribution in [0.25, 0.3) is 0 Å². The topological polar surface area (TPSA) is 92.4 Å². The Morgan fingerprint density at radius 3 is 2.76 bits per heavy atom. The van der Waals surface area contributed by atoms with Gasteiger partial charge in [0.1, 0.15) is 24.4 Å². The van der Waals surface area contributed by atoms with Crippen LogP contribution in [-0.4, -0.2) is 39.2 Å². The second-order valence-corrected chi connectivity index (χ2v) is 7.30. The van der Waals surface area contributed by atoms with E-state index < -0.39 is 12.0 Å². The van der Waals surface area contributed by atoms with Crippen molar-refractivity contribution in [2.75, 3.05) is 11.9 Å². The molecule has 3 saturated carbocycles. The van der Waals surface area contributed by atoms with Gasteiger partial charge in [-0.15, -0.1) is 5.10 Å². The first-order valence-electron chi connectivity index (χ1n) is 7.99. The molecule has 1 aromatic carbocycles. The first-order valence-corrected chi connectivity index (χ1v) is 8.37. The van der Waals surface area contributed by atoms with Crippen molar-refractivity contribution in [1.29, 1.82) is 0 Å². The molecular formula is C16H18ClFN4O3. The Kier molecular flexibility index (Phi) is 3.86. The van der Waals surface area contributed by atoms with E-state index in [1.165, 1.54) is 12.1 Å². The zero-order valence-electron chi connectivity index (χ0n) is 13.6. The molecule has 2 bridgehead atoms. The van der Waals surface area contributed by atoms with Gasteiger partial charge in [0.2, 0.25) is 5.89 Å². The molecule has 25 heavy (non-hydrogen) atoms. The van der Waals surface area contributed by atoms with E-state index in [0.29, 0.717) is 17.7 Å². The maximum atomic E-state index is 13.4. The van der Waals surface area contributed by atoms with Crippen molar-refractivity contribution in [1.82, 2.24) is 15.5 Å². The molecule has 5 rings (SSSR count). The van der Waals surface area contributed by atoms with E-state index in [-0.39, 0.29) is 22.7 Å². The summed E-state index contributed by atoms with van der Waals surface area (Å²) in [6, 6.07) is 4.60. The van der Waals surface area contributed by atoms with Crippen LogP contribution in [0.15, 0.2) is 22.6 Å². The lowest BCUT2D eigenvalue weighted by Gasteiger charge is -2.70. The number of hydrogen-bond acceptors (Lipinski definition) is 7. The van der Waals surface area contributed by atoms with Crippen molar-refractivity contribution in [3.05, 3.63) is 34.9 Å². The number of anilines is 1. The summed E-state index contributed by atoms with van der Waals surface area (Å²) >= 11 is 5.62. The normalized spacial score (nSPS) is 28.0. The van der Waals surface area contributed by atoms with E-state index in [1.807, 2.05) is 0 Å². The molecule has 3 aliphatic rings. The summed E-state index contributed by atoms with van der Waals surface area (Å²) < 4.78 is 24.1. The van der Waals surface area contributed by atoms with Gasteiger partial charge in [-0.05, 0) is 31.4 Å². The predicted octanol–water partition coefficient (Wildman–Crippen LogP) is 2.24. The highest BCUT2D eigenvalue weighted by atomic mass is 35.5. The molecule has 3 aliphatic carbocycles. The van der Waals surface area contributed by atoms with Gasteiger partial charge < -0.3 is 19.6 Å². The van der Waals surface area contributed by atoms with Crippen LogP contribution >= 0.6 is 11.6 Å². The highest BCUT2D eigenvalue weighted by Gasteiger charge is 2.68. The molecule has 0 saturated heterocycles. The summed E-state index contributed by atoms with van der Waals surface area (Å²) in [4.78, 5) is 0. The zero-order valence-corrected chi connectivity index (χ0v) is 14.3. The van der Waals surface area contributed by atoms with Crippen LogP contribution in [0.2, 0.25) is 5.02 Å². The highest BCUT2D eigenvalue weighted by molar-refractivity contribution is 6.30. The van der Waals surface area contributed by atoms with Gasteiger partial charge in [-0.3, -0.25) is 5.32 Å². The number of nitrogens with zero attached hydrogens (tertiary/aromatic N) is 2. The quantitative estimate of drug-likeness (QED) is 0.645. The van der Waals surface area contributed by atoms with Crippen molar-refractivity contribution in [2.45, 2.75) is 43.5 Å². The van der Waals surface area contributed by atoms with Gasteiger partial charge in [0.15, 0.2) is 0 Å². The van der Waals surface area contributed by atoms with Crippen molar-refractivity contribution in [2.24, 2.45) is 0 Å². The second-order valence-electron chi connectivity index (χ2n) is 6.89. The third-order valence-corrected chi connectivity index (χ3v) is 5.01. The highest BCUT2D eigenvalue weighted by Crippen LogP contribution is 2.61. The fourth-order valence-corrected chi connectivity index (χ4v) is 3.90. The summed E-state index contributed by atoms with van der Waals surface area (Å²) in [7, 11) is 0. The van der Waals surface area contributed by atoms with Gasteiger partial charge >= 0.3 is 6.01 Å². The minimum Gasteiger partial charge on any atom is -0.489 e. The van der Waals surface area contributed by atoms with E-state index in [4.69, 9.17) is 20.8 Å². The molecule has 9 heteroatoms. The Morgan fingerprint density at radius 2 is 2.12 bits per heavy atom. The molecule has 0 aliphatic heterocycles. The molecular weight excluding hydrogens is 351 g/mol. The standard InChI is InChI=1S/C16H18ClFN4O3/c1-9-21-22-14(25-9)20-16-6-15(7-16,8-16)19-13(23)5-24-10-2-3-11(17)12(18)4-10/h2-4,13,19,23H,5-8H2,1H3,(H,20,22). The molecule has 0 spiro atoms. The van der Waals surface area contributed by atoms with Crippen LogP contribution < -0.4 is 15.4 Å². The predicted molar refractivity (Wildman–Crippen MR) is 88.0 cm³/mol. The molecule has 1 atom stereocenters. The minimum absolute atomic E-state index is 0.0199. The van der Waals surface area contributed by atoms with Gasteiger partial charge in [-0.1, -0.05) is 16.7 Å². The van der Waals surface area contributed by atoms with Gasteiger partial charge in [0, 0.05) is 24.1 Å². The summed E-state index contributed by atoms with van der Waals surface area (Å²) in [5, 5.41) is 24.3. The fraction of sp³-hybridized carbons (Fsp3) is 0.500. The Morgan fingerprint density at radius 1 is 1.36 bits per heavy atom. The third kappa shape index (κ3) is 3.17. The molecule has 134 valence electrons. The smallest absolute Gasteiger partial charge is 0.315 e. The number of benzene rings is 1. The van der Waals surface area contributed by atoms with Crippen LogP contribution in [0.3, 0.4) is 0 Å². The van der Waals surface area contributed by atoms with Gasteiger partial charge in [-0.2, -0.15) is 0 Å². The molecule has 0 amide bonds. The first-order chi connectivity index (χ1) is 11.9. The lowest BCUT2D eigenvalue weighted by atomic mass is 9.44. The van der Waals surface area contributed by atoms with Crippen LogP contribution in [0, 0.1) is 12.7 Å². The van der Waals surface area contributed by atoms with Gasteiger partial charge in [-0.25, -0.2) is 4.39 Å². The van der Waals surface area contributed by atoms with Crippen LogP contribution in [0.4, 0.5) is 10.4 Å². The largest absolute Gasteiger partial charge is 0.489 e. The van der Waals surface area contributed by atoms with E-state index in [1.54, 1.807) is 13.0 Å². The van der Waals surface area contributed by atoms with Crippen LogP contribution in [0.5, 0.6) is 5.75 Å². The van der Waals surface area contributed by atoms with Gasteiger partial charge in [0.05, 0.1) is 5.02 Å². The number of ether oxygens (including phenoxy) is 1. The summed E-state index contributed by atoms with van der Waals surface area (Å²) in [6.45, 7) is 1.76. The molecule has 2 aromatic rings. The molecule has 3 N–H and O–H groups in total. The molecule has 7 nitrogen and oxygen atoms in total. The number of aromatic nitrogens is 2. The Labute approximate surface area is 148 Å². The van der Waals surface area contributed by atoms with Crippen LogP contribution in [0.1, 0.15) is 25.2 Å². The molecule has 1 heterocycles. The minimum atomic E-state index is -0.845. The monoisotopic (exact) mass is 368 g/mol. The molecule has 1 aromatic heterocycles. The Balaban J connectivity index is 1.23. The average molecular weight is 369 g/mol. The maximum absolute atomic E-state index is 13.4. The Bertz CT molecular complexity index is 780. The average Bonchev–Trinajstić information content (AvgIpc) is 2.90. The molecule has 0 radical (unpaired) electrons. The Hall–Kier alpha value is -1.90. The number of nitrogens with one attached hydrogen (secondary N) is 2. The third-order valence-electron chi connectivity index (χ3n) is 4.70. The summed E-state index contributed by atoms with van der Waals surface area (Å²) in [5.41, 5.74) is -0.137. The first kappa shape index (κ1) is 16.6. The fourth-order valence-electron chi connectivity index (χ4n) is 3.78. The maximum Gasteiger partial charge on any atom is 0.315 e. The van der Waals surface area contributed by atoms with Crippen molar-refractivity contribution >= 4 is 17.6 Å². The van der Waals surface area contributed by atoms with E-state index in [9.17, 15) is 9.50 Å². The number of aryl methyl sites for hydroxylation is 1. The van der Waals surface area contributed by atoms with Crippen molar-refractivity contribution in [3.63, 3.8) is 0 Å². The summed E-state index contributed by atoms with van der Waals surface area (Å²) in [6.07, 6.45) is 1.72. The second kappa shape index (κ2) is 5.82. The zero-order chi connectivity index (χ0) is 17.7. The van der Waals surface area contributed by atoms with E-state index in [2.05, 4.69) is 20.8 Å². The van der Waals surface area contributed by atoms with E-state index >= 15 is 0 Å². The lowest BCUT2D eigenvalue weighted by Crippen LogP contribution is -2.82. The summed E-state index contributed by atoms with van der Waals surface area (Å²) in [5.74, 6) is 0.295. The lowest BCUT2D eigenvalue weighted by molar-refractivity contribution is -0.102. The van der Waals surface area contributed by atoms with E-state index in [0.717, 1.165) is 19.3 Å². The number of rotatable bonds is 7. The number of aliphatic hydroxyl groups is 1. The van der Waals surface area contributed by atoms with Crippen molar-refractivity contribution < 1.29 is 18.7 Å². The molecule has 1 unspecified atom stereocenters. The molecule has 3 fully saturated rings. The number of aliphatic hydroxyl groups excluding tert-OH is 1.